The quantitative estimate of drug-likeness (QED) is 0.128. The van der Waals surface area contributed by atoms with Crippen LogP contribution in [0.3, 0.4) is 0 Å². The Morgan fingerprint density at radius 3 is 2.27 bits per heavy atom. The number of nitrogens with zero attached hydrogens (tertiary/aromatic N) is 2. The van der Waals surface area contributed by atoms with E-state index in [1.54, 1.807) is 0 Å². The fraction of sp³-hybridized carbons (Fsp3) is 0.263. The molecule has 3 aromatic carbocycles. The van der Waals surface area contributed by atoms with Gasteiger partial charge in [-0.05, 0) is 33.8 Å². The molecule has 6 rings (SSSR count). The first kappa shape index (κ1) is 33.0. The zero-order valence-electron chi connectivity index (χ0n) is 28.2. The van der Waals surface area contributed by atoms with Gasteiger partial charge >= 0.3 is 106 Å². The Kier molecular flexibility index (Phi) is 10.4. The van der Waals surface area contributed by atoms with E-state index in [-0.39, 0.29) is 20.1 Å². The molecule has 0 spiro atoms. The average molecular weight is 853 g/mol. The van der Waals surface area contributed by atoms with Crippen LogP contribution in [0.5, 0.6) is 0 Å². The van der Waals surface area contributed by atoms with Crippen LogP contribution in [-0.2, 0) is 20.1 Å². The van der Waals surface area contributed by atoms with Crippen molar-refractivity contribution in [2.24, 2.45) is 0 Å². The van der Waals surface area contributed by atoms with E-state index in [9.17, 15) is 0 Å². The van der Waals surface area contributed by atoms with Crippen LogP contribution < -0.4 is 9.58 Å². The minimum atomic E-state index is -1.77. The zero-order valence-corrected chi connectivity index (χ0v) is 33.5. The van der Waals surface area contributed by atoms with Gasteiger partial charge in [0, 0.05) is 40.4 Å². The van der Waals surface area contributed by atoms with Gasteiger partial charge in [0.2, 0.25) is 0 Å². The topological polar surface area (TPSA) is 25.8 Å². The maximum Gasteiger partial charge on any atom is 0.0346 e. The van der Waals surface area contributed by atoms with Crippen molar-refractivity contribution in [1.29, 1.82) is 0 Å². The third kappa shape index (κ3) is 7.51. The van der Waals surface area contributed by atoms with E-state index in [1.807, 2.05) is 55.6 Å². The Labute approximate surface area is 286 Å². The Balaban J connectivity index is 0.000000222. The van der Waals surface area contributed by atoms with Crippen molar-refractivity contribution >= 4 is 62.4 Å². The summed E-state index contributed by atoms with van der Waals surface area (Å²) in [4.78, 5) is 9.23. The molecule has 0 aliphatic carbocycles. The van der Waals surface area contributed by atoms with Gasteiger partial charge < -0.3 is 4.98 Å². The summed E-state index contributed by atoms with van der Waals surface area (Å²) in [5.74, 6) is 6.56. The van der Waals surface area contributed by atoms with E-state index < -0.39 is 27.2 Å². The summed E-state index contributed by atoms with van der Waals surface area (Å²) in [7, 11) is -1.52. The number of hydrogen-bond acceptors (Lipinski definition) is 3. The van der Waals surface area contributed by atoms with Crippen molar-refractivity contribution < 1.29 is 21.5 Å². The van der Waals surface area contributed by atoms with Gasteiger partial charge in [-0.3, -0.25) is 0 Å². The molecular weight excluding hydrogens is 809 g/mol. The number of aromatic nitrogens is 2. The minimum absolute atomic E-state index is 0. The molecule has 3 aromatic heterocycles. The second kappa shape index (κ2) is 13.9. The maximum absolute atomic E-state index is 8.37. The molecule has 0 bridgehead atoms. The van der Waals surface area contributed by atoms with E-state index in [1.165, 1.54) is 35.3 Å². The summed E-state index contributed by atoms with van der Waals surface area (Å²) in [6.45, 7) is 13.2. The van der Waals surface area contributed by atoms with Gasteiger partial charge in [-0.25, -0.2) is 0 Å². The van der Waals surface area contributed by atoms with Gasteiger partial charge in [-0.1, -0.05) is 68.7 Å². The first-order valence-corrected chi connectivity index (χ1v) is 26.6. The van der Waals surface area contributed by atoms with Gasteiger partial charge in [0.15, 0.2) is 0 Å². The summed E-state index contributed by atoms with van der Waals surface area (Å²) in [5, 5.41) is 4.17. The molecule has 0 atom stereocenters. The second-order valence-corrected chi connectivity index (χ2v) is 30.1. The standard InChI is InChI=1S/C23H24NSSi.C15H18GeN.Ir/c1-15(2)16-12-13-24-19(14-16)17-10-11-21(26(3,4)5)22-18-8-6-7-9-20(18)25-23(17)22;1-12-10-15(13-8-6-5-7-9-13)17-11-14(12)16(2,3)4;/h6-9,11-15H,1-5H3;5-8,10-11H,1-4H3;/q2*-1;/i15D;;. The molecule has 0 aliphatic rings. The number of pyridine rings is 2. The van der Waals surface area contributed by atoms with Gasteiger partial charge in [-0.15, -0.1) is 22.9 Å². The summed E-state index contributed by atoms with van der Waals surface area (Å²) in [6.07, 6.45) is 3.89. The number of benzene rings is 3. The molecule has 0 unspecified atom stereocenters. The molecule has 0 N–H and O–H groups in total. The monoisotopic (exact) mass is 854 g/mol. The van der Waals surface area contributed by atoms with E-state index in [2.05, 4.69) is 121 Å². The Hall–Kier alpha value is -2.41. The minimum Gasteiger partial charge on any atom is -0.305 e. The molecule has 6 aromatic rings. The number of aryl methyl sites for hydroxylation is 1. The van der Waals surface area contributed by atoms with Crippen LogP contribution in [0.1, 0.15) is 32.2 Å². The number of fused-ring (bicyclic) bond motifs is 3. The molecule has 44 heavy (non-hydrogen) atoms. The summed E-state index contributed by atoms with van der Waals surface area (Å²) < 4.78 is 12.4. The summed E-state index contributed by atoms with van der Waals surface area (Å²) in [5.41, 5.74) is 6.41. The van der Waals surface area contributed by atoms with Crippen molar-refractivity contribution in [2.75, 3.05) is 0 Å². The molecule has 6 heteroatoms. The van der Waals surface area contributed by atoms with Crippen LogP contribution in [0.15, 0.2) is 85.2 Å². The van der Waals surface area contributed by atoms with Crippen molar-refractivity contribution in [2.45, 2.75) is 63.6 Å². The van der Waals surface area contributed by atoms with Crippen molar-refractivity contribution in [3.8, 4) is 22.5 Å². The van der Waals surface area contributed by atoms with Crippen molar-refractivity contribution in [1.82, 2.24) is 9.97 Å². The summed E-state index contributed by atoms with van der Waals surface area (Å²) >= 11 is 0.0582. The second-order valence-electron chi connectivity index (χ2n) is 13.5. The molecule has 229 valence electrons. The molecule has 1 radical (unpaired) electrons. The third-order valence-electron chi connectivity index (χ3n) is 7.76. The Morgan fingerprint density at radius 1 is 0.909 bits per heavy atom. The normalized spacial score (nSPS) is 12.3. The molecule has 3 heterocycles. The van der Waals surface area contributed by atoms with E-state index in [0.717, 1.165) is 28.1 Å². The number of thiophene rings is 1. The van der Waals surface area contributed by atoms with E-state index >= 15 is 0 Å². The SMILES string of the molecule is Cc1cc(-c2[c-]cccc2)nc[c]1[Ge]([CH3])([CH3])[CH3].[2H]C(C)(C)c1ccnc(-c2[c-]cc([Si](C)(C)C)c3c2sc2ccccc23)c1.[Ir]. The fourth-order valence-corrected chi connectivity index (χ4v) is 11.9. The van der Waals surface area contributed by atoms with Crippen LogP contribution in [-0.4, -0.2) is 31.3 Å². The molecule has 0 amide bonds. The van der Waals surface area contributed by atoms with E-state index in [0.29, 0.717) is 0 Å². The molecular formula is C38H42GeIrN2SSi-2. The van der Waals surface area contributed by atoms with Crippen LogP contribution in [0.25, 0.3) is 42.7 Å². The molecule has 0 saturated carbocycles. The van der Waals surface area contributed by atoms with Crippen LogP contribution in [0.2, 0.25) is 36.9 Å². The fourth-order valence-electron chi connectivity index (χ4n) is 5.47. The maximum atomic E-state index is 8.37. The Bertz CT molecular complexity index is 1940. The van der Waals surface area contributed by atoms with Crippen LogP contribution in [0, 0.1) is 19.1 Å². The molecule has 0 saturated heterocycles. The summed E-state index contributed by atoms with van der Waals surface area (Å²) in [6, 6.07) is 31.8. The number of hydrogen-bond donors (Lipinski definition) is 0. The Morgan fingerprint density at radius 2 is 1.64 bits per heavy atom. The van der Waals surface area contributed by atoms with E-state index in [4.69, 9.17) is 1.37 Å². The largest absolute Gasteiger partial charge is 0.305 e. The molecule has 0 aliphatic heterocycles. The first-order chi connectivity index (χ1) is 20.6. The first-order valence-electron chi connectivity index (χ1n) is 15.4. The van der Waals surface area contributed by atoms with Crippen LogP contribution >= 0.6 is 11.3 Å². The molecule has 0 fully saturated rings. The van der Waals surface area contributed by atoms with Crippen molar-refractivity contribution in [3.05, 3.63) is 108 Å². The van der Waals surface area contributed by atoms with Gasteiger partial charge in [0.25, 0.3) is 0 Å². The third-order valence-corrected chi connectivity index (χ3v) is 15.4. The predicted octanol–water partition coefficient (Wildman–Crippen LogP) is 9.99. The van der Waals surface area contributed by atoms with Gasteiger partial charge in [0.1, 0.15) is 0 Å². The zero-order chi connectivity index (χ0) is 31.9. The van der Waals surface area contributed by atoms with Gasteiger partial charge in [-0.2, -0.15) is 11.3 Å². The predicted molar refractivity (Wildman–Crippen MR) is 195 cm³/mol. The van der Waals surface area contributed by atoms with Crippen molar-refractivity contribution in [3.63, 3.8) is 0 Å². The average Bonchev–Trinajstić information content (AvgIpc) is 3.35. The molecule has 2 nitrogen and oxygen atoms in total. The smallest absolute Gasteiger partial charge is 0.0346 e. The number of rotatable bonds is 5. The van der Waals surface area contributed by atoms with Crippen LogP contribution in [0.4, 0.5) is 0 Å². The van der Waals surface area contributed by atoms with Gasteiger partial charge in [0.05, 0.1) is 0 Å².